The van der Waals surface area contributed by atoms with Gasteiger partial charge in [-0.15, -0.1) is 0 Å². The van der Waals surface area contributed by atoms with Gasteiger partial charge in [0.05, 0.1) is 34.7 Å². The summed E-state index contributed by atoms with van der Waals surface area (Å²) in [5.74, 6) is -0.00492. The number of pyridine rings is 1. The van der Waals surface area contributed by atoms with Crippen molar-refractivity contribution in [3.05, 3.63) is 76.8 Å². The van der Waals surface area contributed by atoms with Crippen molar-refractivity contribution >= 4 is 27.9 Å². The zero-order chi connectivity index (χ0) is 24.2. The van der Waals surface area contributed by atoms with Gasteiger partial charge in [-0.3, -0.25) is 14.5 Å². The van der Waals surface area contributed by atoms with Gasteiger partial charge in [0.25, 0.3) is 5.56 Å². The third kappa shape index (κ3) is 3.52. The summed E-state index contributed by atoms with van der Waals surface area (Å²) < 4.78 is 41.7. The molecular formula is C24H18F2N6O3. The highest BCUT2D eigenvalue weighted by Crippen LogP contribution is 2.34. The van der Waals surface area contributed by atoms with Crippen molar-refractivity contribution < 1.29 is 18.3 Å². The van der Waals surface area contributed by atoms with Gasteiger partial charge in [0.2, 0.25) is 5.95 Å². The highest BCUT2D eigenvalue weighted by Gasteiger charge is 2.33. The topological polar surface area (TPSA) is 107 Å². The van der Waals surface area contributed by atoms with Crippen LogP contribution in [0.4, 0.5) is 14.7 Å². The van der Waals surface area contributed by atoms with Crippen molar-refractivity contribution in [1.82, 2.24) is 24.7 Å². The summed E-state index contributed by atoms with van der Waals surface area (Å²) in [6.07, 6.45) is 2.82. The van der Waals surface area contributed by atoms with Crippen molar-refractivity contribution in [3.63, 3.8) is 0 Å². The number of fused-ring (bicyclic) bond motifs is 4. The largest absolute Gasteiger partial charge is 0.485 e. The lowest BCUT2D eigenvalue weighted by atomic mass is 10.1. The lowest BCUT2D eigenvalue weighted by Gasteiger charge is -2.35. The number of rotatable bonds is 4. The molecule has 0 aliphatic carbocycles. The quantitative estimate of drug-likeness (QED) is 0.408. The van der Waals surface area contributed by atoms with Crippen molar-refractivity contribution in [1.29, 1.82) is 0 Å². The first kappa shape index (κ1) is 21.0. The van der Waals surface area contributed by atoms with E-state index in [0.717, 1.165) is 22.8 Å². The fraction of sp³-hybridized carbons (Fsp3) is 0.167. The van der Waals surface area contributed by atoms with Gasteiger partial charge in [0.15, 0.2) is 22.7 Å². The first-order valence-electron chi connectivity index (χ1n) is 10.8. The minimum atomic E-state index is -0.773. The van der Waals surface area contributed by atoms with E-state index in [1.807, 2.05) is 31.2 Å². The van der Waals surface area contributed by atoms with E-state index >= 15 is 0 Å². The molecule has 3 aromatic heterocycles. The number of H-pyrrole nitrogens is 1. The minimum Gasteiger partial charge on any atom is -0.485 e. The molecule has 6 rings (SSSR count). The van der Waals surface area contributed by atoms with Gasteiger partial charge in [-0.1, -0.05) is 12.1 Å². The summed E-state index contributed by atoms with van der Waals surface area (Å²) >= 11 is 0. The fourth-order valence-electron chi connectivity index (χ4n) is 4.09. The Kier molecular flexibility index (Phi) is 4.66. The summed E-state index contributed by atoms with van der Waals surface area (Å²) in [4.78, 5) is 22.1. The predicted molar refractivity (Wildman–Crippen MR) is 124 cm³/mol. The first-order chi connectivity index (χ1) is 16.9. The Bertz CT molecular complexity index is 1670. The molecule has 1 atom stereocenters. The average Bonchev–Trinajstić information content (AvgIpc) is 3.35. The molecule has 1 aliphatic rings. The van der Waals surface area contributed by atoms with E-state index in [1.54, 1.807) is 0 Å². The maximum Gasteiger partial charge on any atom is 0.267 e. The third-order valence-electron chi connectivity index (χ3n) is 5.83. The van der Waals surface area contributed by atoms with E-state index in [9.17, 15) is 13.6 Å². The van der Waals surface area contributed by atoms with Crippen LogP contribution in [0, 0.1) is 11.6 Å². The van der Waals surface area contributed by atoms with E-state index in [2.05, 4.69) is 25.5 Å². The lowest BCUT2D eigenvalue weighted by molar-refractivity contribution is 0.0165. The van der Waals surface area contributed by atoms with E-state index in [-0.39, 0.29) is 29.2 Å². The number of hydrogen-bond acceptors (Lipinski definition) is 7. The monoisotopic (exact) mass is 476 g/mol. The summed E-state index contributed by atoms with van der Waals surface area (Å²) in [5, 5.41) is 10.4. The smallest absolute Gasteiger partial charge is 0.267 e. The van der Waals surface area contributed by atoms with E-state index < -0.39 is 22.8 Å². The van der Waals surface area contributed by atoms with Gasteiger partial charge in [-0.25, -0.2) is 13.8 Å². The van der Waals surface area contributed by atoms with Gasteiger partial charge >= 0.3 is 0 Å². The van der Waals surface area contributed by atoms with Crippen LogP contribution < -0.4 is 20.3 Å². The van der Waals surface area contributed by atoms with Crippen molar-refractivity contribution in [2.75, 3.05) is 18.5 Å². The zero-order valence-electron chi connectivity index (χ0n) is 18.4. The molecule has 1 aliphatic heterocycles. The maximum absolute atomic E-state index is 14.7. The molecule has 2 aromatic carbocycles. The van der Waals surface area contributed by atoms with Gasteiger partial charge in [0, 0.05) is 12.3 Å². The Labute approximate surface area is 196 Å². The maximum atomic E-state index is 14.7. The van der Waals surface area contributed by atoms with Crippen molar-refractivity contribution in [2.45, 2.75) is 12.5 Å². The number of nitrogens with zero attached hydrogens (tertiary/aromatic N) is 4. The van der Waals surface area contributed by atoms with Gasteiger partial charge in [-0.05, 0) is 31.2 Å². The number of aromatic nitrogens is 5. The van der Waals surface area contributed by atoms with Crippen LogP contribution in [-0.4, -0.2) is 43.5 Å². The van der Waals surface area contributed by atoms with Crippen LogP contribution in [0.3, 0.4) is 0 Å². The summed E-state index contributed by atoms with van der Waals surface area (Å²) in [6, 6.07) is 10.3. The molecule has 176 valence electrons. The Balaban J connectivity index is 1.42. The molecule has 5 aromatic rings. The number of aromatic amines is 1. The Morgan fingerprint density at radius 3 is 2.83 bits per heavy atom. The Morgan fingerprint density at radius 1 is 1.14 bits per heavy atom. The summed E-state index contributed by atoms with van der Waals surface area (Å²) in [7, 11) is 0. The Morgan fingerprint density at radius 2 is 1.97 bits per heavy atom. The molecule has 4 heterocycles. The number of halogens is 2. The zero-order valence-corrected chi connectivity index (χ0v) is 18.4. The minimum absolute atomic E-state index is 0.0880. The fourth-order valence-corrected chi connectivity index (χ4v) is 4.09. The van der Waals surface area contributed by atoms with Crippen molar-refractivity contribution in [3.8, 4) is 17.2 Å². The van der Waals surface area contributed by atoms with E-state index in [0.29, 0.717) is 29.0 Å². The molecule has 0 amide bonds. The van der Waals surface area contributed by atoms with Gasteiger partial charge in [-0.2, -0.15) is 10.1 Å². The van der Waals surface area contributed by atoms with E-state index in [1.165, 1.54) is 12.4 Å². The number of nitrogens with one attached hydrogen (secondary N) is 2. The van der Waals surface area contributed by atoms with Crippen LogP contribution in [0.1, 0.15) is 6.92 Å². The number of anilines is 1. The van der Waals surface area contributed by atoms with Crippen LogP contribution in [-0.2, 0) is 0 Å². The normalized spacial score (nSPS) is 17.1. The van der Waals surface area contributed by atoms with Crippen LogP contribution in [0.2, 0.25) is 0 Å². The number of ether oxygens (including phenoxy) is 2. The van der Waals surface area contributed by atoms with Crippen LogP contribution >= 0.6 is 0 Å². The summed E-state index contributed by atoms with van der Waals surface area (Å²) in [6.45, 7) is 2.44. The number of hydrogen-bond donors (Lipinski definition) is 2. The van der Waals surface area contributed by atoms with Crippen LogP contribution in [0.5, 0.6) is 11.5 Å². The second kappa shape index (κ2) is 7.76. The standard InChI is InChI=1S/C24H18F2N6O3/c1-24(12-34-18-4-2-3-5-19(18)35-24)11-28-23-27-9-14-20-15(10-29-31-20)22(33)32(21(14)30-23)17-8-13(25)6-7-16(17)26/h2-10H,11-12H2,1H3,(H,29,31)(H,27,28,30). The number of para-hydroxylation sites is 2. The molecule has 0 saturated carbocycles. The molecule has 11 heteroatoms. The third-order valence-corrected chi connectivity index (χ3v) is 5.83. The van der Waals surface area contributed by atoms with Crippen LogP contribution in [0.15, 0.2) is 59.7 Å². The lowest BCUT2D eigenvalue weighted by Crippen LogP contribution is -2.47. The van der Waals surface area contributed by atoms with E-state index in [4.69, 9.17) is 9.47 Å². The molecule has 2 N–H and O–H groups in total. The molecule has 0 bridgehead atoms. The van der Waals surface area contributed by atoms with Crippen molar-refractivity contribution in [2.24, 2.45) is 0 Å². The molecule has 1 unspecified atom stereocenters. The molecule has 0 saturated heterocycles. The Hall–Kier alpha value is -4.54. The molecule has 0 fully saturated rings. The first-order valence-corrected chi connectivity index (χ1v) is 10.8. The van der Waals surface area contributed by atoms with Gasteiger partial charge in [0.1, 0.15) is 18.2 Å². The molecule has 0 radical (unpaired) electrons. The van der Waals surface area contributed by atoms with Gasteiger partial charge < -0.3 is 14.8 Å². The highest BCUT2D eigenvalue weighted by atomic mass is 19.1. The predicted octanol–water partition coefficient (Wildman–Crippen LogP) is 3.58. The molecule has 35 heavy (non-hydrogen) atoms. The molecule has 9 nitrogen and oxygen atoms in total. The average molecular weight is 476 g/mol. The van der Waals surface area contributed by atoms with Crippen LogP contribution in [0.25, 0.3) is 27.6 Å². The molecular weight excluding hydrogens is 458 g/mol. The SMILES string of the molecule is CC1(CNc2ncc3c4[nH]ncc4c(=O)n(-c4cc(F)ccc4F)c3n2)COc2ccccc2O1. The summed E-state index contributed by atoms with van der Waals surface area (Å²) in [5.41, 5.74) is -1.10. The highest BCUT2D eigenvalue weighted by molar-refractivity contribution is 6.02. The second-order valence-corrected chi connectivity index (χ2v) is 8.47. The number of benzene rings is 2. The molecule has 0 spiro atoms. The second-order valence-electron chi connectivity index (χ2n) is 8.47.